The smallest absolute Gasteiger partial charge is 0.289 e. The molecule has 4 nitrogen and oxygen atoms in total. The highest BCUT2D eigenvalue weighted by atomic mass is 35.5. The van der Waals surface area contributed by atoms with E-state index in [1.54, 1.807) is 30.1 Å². The van der Waals surface area contributed by atoms with Gasteiger partial charge >= 0.3 is 0 Å². The fourth-order valence-corrected chi connectivity index (χ4v) is 2.02. The molecule has 2 N–H and O–H groups in total. The van der Waals surface area contributed by atoms with E-state index in [4.69, 9.17) is 21.8 Å². The van der Waals surface area contributed by atoms with E-state index in [1.165, 1.54) is 0 Å². The zero-order valence-corrected chi connectivity index (χ0v) is 13.4. The number of nitrogens with zero attached hydrogens (tertiary/aromatic N) is 1. The molecule has 0 aliphatic heterocycles. The Morgan fingerprint density at radius 2 is 2.00 bits per heavy atom. The highest BCUT2D eigenvalue weighted by Gasteiger charge is 2.20. The van der Waals surface area contributed by atoms with Crippen LogP contribution in [0.3, 0.4) is 0 Å². The molecule has 114 valence electrons. The van der Waals surface area contributed by atoms with Crippen molar-refractivity contribution in [1.82, 2.24) is 4.90 Å². The van der Waals surface area contributed by atoms with Gasteiger partial charge in [-0.2, -0.15) is 0 Å². The Bertz CT molecular complexity index is 613. The minimum absolute atomic E-state index is 0. The number of nitrogens with two attached hydrogens (primary N) is 1. The summed E-state index contributed by atoms with van der Waals surface area (Å²) in [5.74, 6) is 0.664. The van der Waals surface area contributed by atoms with Crippen molar-refractivity contribution in [3.05, 3.63) is 47.2 Å². The number of hydrogen-bond donors (Lipinski definition) is 1. The second-order valence-corrected chi connectivity index (χ2v) is 5.05. The standard InChI is InChI=1S/C15H17ClN2O2.ClH/c1-10(9-17)18(2)15(19)14-8-7-13(20-14)11-5-3-4-6-12(11)16;/h3-8,10H,9,17H2,1-2H3;1H. The summed E-state index contributed by atoms with van der Waals surface area (Å²) in [6.07, 6.45) is 0. The number of rotatable bonds is 4. The lowest BCUT2D eigenvalue weighted by atomic mass is 10.2. The molecule has 2 aromatic rings. The normalized spacial score (nSPS) is 11.6. The molecule has 0 fully saturated rings. The molecule has 0 aliphatic rings. The van der Waals surface area contributed by atoms with Gasteiger partial charge in [-0.05, 0) is 31.2 Å². The van der Waals surface area contributed by atoms with Gasteiger partial charge in [0.05, 0.1) is 5.02 Å². The molecule has 6 heteroatoms. The van der Waals surface area contributed by atoms with Crippen molar-refractivity contribution in [2.45, 2.75) is 13.0 Å². The summed E-state index contributed by atoms with van der Waals surface area (Å²) in [6, 6.07) is 10.7. The van der Waals surface area contributed by atoms with Crippen molar-refractivity contribution in [3.63, 3.8) is 0 Å². The first-order chi connectivity index (χ1) is 9.54. The van der Waals surface area contributed by atoms with Crippen LogP contribution in [-0.4, -0.2) is 30.4 Å². The highest BCUT2D eigenvalue weighted by Crippen LogP contribution is 2.29. The lowest BCUT2D eigenvalue weighted by Crippen LogP contribution is -2.39. The van der Waals surface area contributed by atoms with Crippen molar-refractivity contribution < 1.29 is 9.21 Å². The maximum absolute atomic E-state index is 12.2. The van der Waals surface area contributed by atoms with E-state index in [-0.39, 0.29) is 30.1 Å². The molecular weight excluding hydrogens is 311 g/mol. The SMILES string of the molecule is CC(CN)N(C)C(=O)c1ccc(-c2ccccc2Cl)o1.Cl. The molecule has 0 aliphatic carbocycles. The lowest BCUT2D eigenvalue weighted by Gasteiger charge is -2.22. The van der Waals surface area contributed by atoms with Crippen LogP contribution in [0.15, 0.2) is 40.8 Å². The van der Waals surface area contributed by atoms with Gasteiger partial charge in [0.1, 0.15) is 5.76 Å². The summed E-state index contributed by atoms with van der Waals surface area (Å²) in [6.45, 7) is 2.29. The largest absolute Gasteiger partial charge is 0.451 e. The second kappa shape index (κ2) is 7.50. The van der Waals surface area contributed by atoms with E-state index < -0.39 is 0 Å². The third-order valence-electron chi connectivity index (χ3n) is 3.28. The number of likely N-dealkylation sites (N-methyl/N-ethyl adjacent to an activating group) is 1. The van der Waals surface area contributed by atoms with Crippen LogP contribution < -0.4 is 5.73 Å². The predicted molar refractivity (Wildman–Crippen MR) is 87.0 cm³/mol. The molecule has 1 aromatic carbocycles. The fourth-order valence-electron chi connectivity index (χ4n) is 1.79. The van der Waals surface area contributed by atoms with E-state index in [2.05, 4.69) is 0 Å². The van der Waals surface area contributed by atoms with Crippen molar-refractivity contribution >= 4 is 29.9 Å². The third-order valence-corrected chi connectivity index (χ3v) is 3.61. The number of amides is 1. The molecule has 21 heavy (non-hydrogen) atoms. The Kier molecular flexibility index (Phi) is 6.27. The molecule has 1 atom stereocenters. The van der Waals surface area contributed by atoms with Crippen LogP contribution in [0.4, 0.5) is 0 Å². The van der Waals surface area contributed by atoms with Crippen molar-refractivity contribution in [2.24, 2.45) is 5.73 Å². The Balaban J connectivity index is 0.00000220. The van der Waals surface area contributed by atoms with E-state index in [9.17, 15) is 4.79 Å². The van der Waals surface area contributed by atoms with Gasteiger partial charge in [-0.25, -0.2) is 0 Å². The number of carbonyl (C=O) groups excluding carboxylic acids is 1. The summed E-state index contributed by atoms with van der Waals surface area (Å²) in [4.78, 5) is 13.8. The van der Waals surface area contributed by atoms with Crippen LogP contribution in [0, 0.1) is 0 Å². The zero-order chi connectivity index (χ0) is 14.7. The van der Waals surface area contributed by atoms with Crippen LogP contribution in [0.25, 0.3) is 11.3 Å². The first-order valence-electron chi connectivity index (χ1n) is 6.36. The van der Waals surface area contributed by atoms with E-state index in [0.717, 1.165) is 5.56 Å². The number of furan rings is 1. The van der Waals surface area contributed by atoms with Crippen LogP contribution in [0.2, 0.25) is 5.02 Å². The fraction of sp³-hybridized carbons (Fsp3) is 0.267. The van der Waals surface area contributed by atoms with Gasteiger partial charge in [-0.15, -0.1) is 12.4 Å². The van der Waals surface area contributed by atoms with Crippen LogP contribution in [-0.2, 0) is 0 Å². The van der Waals surface area contributed by atoms with Crippen molar-refractivity contribution in [3.8, 4) is 11.3 Å². The van der Waals surface area contributed by atoms with Gasteiger partial charge in [-0.1, -0.05) is 23.7 Å². The average molecular weight is 329 g/mol. The molecule has 1 aromatic heterocycles. The molecule has 1 heterocycles. The van der Waals surface area contributed by atoms with Gasteiger partial charge in [0, 0.05) is 25.2 Å². The third kappa shape index (κ3) is 3.79. The topological polar surface area (TPSA) is 59.5 Å². The van der Waals surface area contributed by atoms with Crippen LogP contribution in [0.1, 0.15) is 17.5 Å². The molecule has 0 spiro atoms. The van der Waals surface area contributed by atoms with Crippen LogP contribution >= 0.6 is 24.0 Å². The molecule has 0 saturated carbocycles. The second-order valence-electron chi connectivity index (χ2n) is 4.64. The van der Waals surface area contributed by atoms with E-state index >= 15 is 0 Å². The maximum atomic E-state index is 12.2. The summed E-state index contributed by atoms with van der Waals surface area (Å²) in [5.41, 5.74) is 6.33. The Hall–Kier alpha value is -1.49. The molecule has 0 saturated heterocycles. The Morgan fingerprint density at radius 1 is 1.33 bits per heavy atom. The summed E-state index contributed by atoms with van der Waals surface area (Å²) < 4.78 is 5.61. The Morgan fingerprint density at radius 3 is 2.62 bits per heavy atom. The highest BCUT2D eigenvalue weighted by molar-refractivity contribution is 6.33. The van der Waals surface area contributed by atoms with Crippen molar-refractivity contribution in [1.29, 1.82) is 0 Å². The van der Waals surface area contributed by atoms with Gasteiger partial charge in [0.15, 0.2) is 5.76 Å². The zero-order valence-electron chi connectivity index (χ0n) is 11.9. The van der Waals surface area contributed by atoms with E-state index in [1.807, 2.05) is 25.1 Å². The first-order valence-corrected chi connectivity index (χ1v) is 6.74. The quantitative estimate of drug-likeness (QED) is 0.935. The monoisotopic (exact) mass is 328 g/mol. The summed E-state index contributed by atoms with van der Waals surface area (Å²) in [5, 5.41) is 0.588. The first kappa shape index (κ1) is 17.6. The number of hydrogen-bond acceptors (Lipinski definition) is 3. The van der Waals surface area contributed by atoms with E-state index in [0.29, 0.717) is 17.3 Å². The van der Waals surface area contributed by atoms with Gasteiger partial charge in [0.2, 0.25) is 0 Å². The van der Waals surface area contributed by atoms with Crippen LogP contribution in [0.5, 0.6) is 0 Å². The predicted octanol–water partition coefficient (Wildman–Crippen LogP) is 3.44. The molecule has 0 radical (unpaired) electrons. The number of benzene rings is 1. The summed E-state index contributed by atoms with van der Waals surface area (Å²) in [7, 11) is 1.71. The molecule has 1 amide bonds. The summed E-state index contributed by atoms with van der Waals surface area (Å²) >= 11 is 6.11. The minimum atomic E-state index is -0.193. The lowest BCUT2D eigenvalue weighted by molar-refractivity contribution is 0.0717. The average Bonchev–Trinajstić information content (AvgIpc) is 2.94. The number of halogens is 2. The van der Waals surface area contributed by atoms with Crippen molar-refractivity contribution in [2.75, 3.05) is 13.6 Å². The maximum Gasteiger partial charge on any atom is 0.289 e. The Labute approximate surface area is 135 Å². The molecule has 2 rings (SSSR count). The van der Waals surface area contributed by atoms with Gasteiger partial charge in [0.25, 0.3) is 5.91 Å². The molecule has 0 bridgehead atoms. The van der Waals surface area contributed by atoms with Gasteiger partial charge < -0.3 is 15.1 Å². The molecule has 1 unspecified atom stereocenters. The molecular formula is C15H18Cl2N2O2. The minimum Gasteiger partial charge on any atom is -0.451 e. The number of carbonyl (C=O) groups is 1. The van der Waals surface area contributed by atoms with Gasteiger partial charge in [-0.3, -0.25) is 4.79 Å².